The lowest BCUT2D eigenvalue weighted by atomic mass is 10.1. The number of nitrogens with zero attached hydrogens (tertiary/aromatic N) is 1. The van der Waals surface area contributed by atoms with Gasteiger partial charge >= 0.3 is 0 Å². The molecule has 7 heteroatoms. The fourth-order valence-electron chi connectivity index (χ4n) is 2.68. The Morgan fingerprint density at radius 2 is 1.92 bits per heavy atom. The van der Waals surface area contributed by atoms with Gasteiger partial charge in [-0.25, -0.2) is 12.8 Å². The van der Waals surface area contributed by atoms with Gasteiger partial charge < -0.3 is 4.74 Å². The molecule has 0 amide bonds. The second-order valence-corrected chi connectivity index (χ2v) is 8.47. The van der Waals surface area contributed by atoms with Crippen LogP contribution in [-0.2, 0) is 14.8 Å². The summed E-state index contributed by atoms with van der Waals surface area (Å²) < 4.78 is 46.6. The number of rotatable bonds is 3. The van der Waals surface area contributed by atoms with E-state index >= 15 is 0 Å². The molecule has 0 saturated carbocycles. The van der Waals surface area contributed by atoms with Crippen molar-refractivity contribution in [1.82, 2.24) is 4.31 Å². The molecular formula is C17H17BrFNO3S. The van der Waals surface area contributed by atoms with Crippen LogP contribution in [0.3, 0.4) is 0 Å². The summed E-state index contributed by atoms with van der Waals surface area (Å²) in [7, 11) is -3.63. The summed E-state index contributed by atoms with van der Waals surface area (Å²) in [5.74, 6) is -0.331. The highest BCUT2D eigenvalue weighted by molar-refractivity contribution is 9.10. The predicted molar refractivity (Wildman–Crippen MR) is 92.7 cm³/mol. The molecular weight excluding hydrogens is 397 g/mol. The maximum atomic E-state index is 13.1. The fraction of sp³-hybridized carbons (Fsp3) is 0.294. The van der Waals surface area contributed by atoms with Crippen LogP contribution in [0.4, 0.5) is 4.39 Å². The molecule has 4 nitrogen and oxygen atoms in total. The number of hydrogen-bond acceptors (Lipinski definition) is 3. The molecule has 0 aliphatic carbocycles. The first-order chi connectivity index (χ1) is 11.4. The van der Waals surface area contributed by atoms with Gasteiger partial charge in [0.25, 0.3) is 0 Å². The minimum atomic E-state index is -3.63. The highest BCUT2D eigenvalue weighted by Gasteiger charge is 2.32. The Morgan fingerprint density at radius 3 is 2.58 bits per heavy atom. The third kappa shape index (κ3) is 3.54. The van der Waals surface area contributed by atoms with Crippen LogP contribution in [0, 0.1) is 12.7 Å². The van der Waals surface area contributed by atoms with Crippen molar-refractivity contribution in [1.29, 1.82) is 0 Å². The number of morpholine rings is 1. The van der Waals surface area contributed by atoms with Crippen LogP contribution in [-0.4, -0.2) is 32.4 Å². The Hall–Kier alpha value is -1.28. The fourth-order valence-corrected chi connectivity index (χ4v) is 5.25. The molecule has 0 bridgehead atoms. The van der Waals surface area contributed by atoms with E-state index in [2.05, 4.69) is 15.9 Å². The Balaban J connectivity index is 1.87. The highest BCUT2D eigenvalue weighted by atomic mass is 79.9. The molecule has 1 saturated heterocycles. The second kappa shape index (κ2) is 6.92. The number of aryl methyl sites for hydroxylation is 1. The normalized spacial score (nSPS) is 19.4. The summed E-state index contributed by atoms with van der Waals surface area (Å²) in [5, 5.41) is 0. The first-order valence-corrected chi connectivity index (χ1v) is 9.74. The van der Waals surface area contributed by atoms with E-state index in [-0.39, 0.29) is 17.3 Å². The van der Waals surface area contributed by atoms with Gasteiger partial charge in [0.05, 0.1) is 17.6 Å². The Kier molecular flexibility index (Phi) is 5.05. The van der Waals surface area contributed by atoms with E-state index in [0.717, 1.165) is 11.1 Å². The van der Waals surface area contributed by atoms with Gasteiger partial charge in [0, 0.05) is 17.6 Å². The molecule has 1 fully saturated rings. The predicted octanol–water partition coefficient (Wildman–Crippen LogP) is 3.66. The molecule has 24 heavy (non-hydrogen) atoms. The Bertz CT molecular complexity index is 839. The zero-order valence-electron chi connectivity index (χ0n) is 13.1. The van der Waals surface area contributed by atoms with Crippen LogP contribution in [0.25, 0.3) is 0 Å². The van der Waals surface area contributed by atoms with Crippen LogP contribution < -0.4 is 0 Å². The lowest BCUT2D eigenvalue weighted by Crippen LogP contribution is -2.42. The first kappa shape index (κ1) is 17.5. The summed E-state index contributed by atoms with van der Waals surface area (Å²) in [6, 6.07) is 11.1. The molecule has 1 aliphatic rings. The third-order valence-electron chi connectivity index (χ3n) is 3.98. The molecule has 0 radical (unpaired) electrons. The van der Waals surface area contributed by atoms with E-state index in [9.17, 15) is 12.8 Å². The minimum absolute atomic E-state index is 0.203. The smallest absolute Gasteiger partial charge is 0.244 e. The van der Waals surface area contributed by atoms with Crippen molar-refractivity contribution >= 4 is 26.0 Å². The van der Waals surface area contributed by atoms with E-state index in [1.165, 1.54) is 16.4 Å². The highest BCUT2D eigenvalue weighted by Crippen LogP contribution is 2.30. The second-order valence-electron chi connectivity index (χ2n) is 5.71. The number of sulfonamides is 1. The van der Waals surface area contributed by atoms with Gasteiger partial charge in [-0.1, -0.05) is 18.2 Å². The maximum absolute atomic E-state index is 13.1. The summed E-state index contributed by atoms with van der Waals surface area (Å²) >= 11 is 3.34. The summed E-state index contributed by atoms with van der Waals surface area (Å²) in [6.45, 7) is 2.69. The molecule has 128 valence electrons. The topological polar surface area (TPSA) is 46.6 Å². The third-order valence-corrected chi connectivity index (χ3v) is 6.82. The van der Waals surface area contributed by atoms with Gasteiger partial charge in [0.1, 0.15) is 5.82 Å². The number of ether oxygens (including phenoxy) is 1. The van der Waals surface area contributed by atoms with Crippen LogP contribution in [0.2, 0.25) is 0 Å². The SMILES string of the molecule is Cc1ccc(S(=O)(=O)N2CCOC(c3ccc(F)cc3)C2)c(Br)c1. The van der Waals surface area contributed by atoms with Gasteiger partial charge in [-0.2, -0.15) is 4.31 Å². The minimum Gasteiger partial charge on any atom is -0.371 e. The van der Waals surface area contributed by atoms with Crippen molar-refractivity contribution in [2.24, 2.45) is 0 Å². The Labute approximate surface area is 149 Å². The van der Waals surface area contributed by atoms with Crippen molar-refractivity contribution in [3.05, 3.63) is 63.9 Å². The van der Waals surface area contributed by atoms with E-state index in [1.807, 2.05) is 6.92 Å². The summed E-state index contributed by atoms with van der Waals surface area (Å²) in [4.78, 5) is 0.243. The van der Waals surface area contributed by atoms with Gasteiger partial charge in [-0.05, 0) is 58.2 Å². The monoisotopic (exact) mass is 413 g/mol. The molecule has 0 spiro atoms. The largest absolute Gasteiger partial charge is 0.371 e. The standard InChI is InChI=1S/C17H17BrFNO3S/c1-12-2-7-17(15(18)10-12)24(21,22)20-8-9-23-16(11-20)13-3-5-14(19)6-4-13/h2-7,10,16H,8-9,11H2,1H3. The average molecular weight is 414 g/mol. The van der Waals surface area contributed by atoms with Crippen LogP contribution in [0.1, 0.15) is 17.2 Å². The zero-order chi connectivity index (χ0) is 17.3. The van der Waals surface area contributed by atoms with Crippen LogP contribution in [0.5, 0.6) is 0 Å². The molecule has 1 unspecified atom stereocenters. The first-order valence-electron chi connectivity index (χ1n) is 7.51. The number of hydrogen-bond donors (Lipinski definition) is 0. The summed E-state index contributed by atoms with van der Waals surface area (Å²) in [5.41, 5.74) is 1.74. The molecule has 1 atom stereocenters. The van der Waals surface area contributed by atoms with Gasteiger partial charge in [0.15, 0.2) is 0 Å². The van der Waals surface area contributed by atoms with Gasteiger partial charge in [-0.3, -0.25) is 0 Å². The van der Waals surface area contributed by atoms with E-state index < -0.39 is 16.1 Å². The van der Waals surface area contributed by atoms with Crippen LogP contribution in [0.15, 0.2) is 51.8 Å². The van der Waals surface area contributed by atoms with Crippen LogP contribution >= 0.6 is 15.9 Å². The zero-order valence-corrected chi connectivity index (χ0v) is 15.5. The van der Waals surface area contributed by atoms with Gasteiger partial charge in [-0.15, -0.1) is 0 Å². The lowest BCUT2D eigenvalue weighted by Gasteiger charge is -2.32. The molecule has 3 rings (SSSR count). The molecule has 0 N–H and O–H groups in total. The maximum Gasteiger partial charge on any atom is 0.244 e. The van der Waals surface area contributed by atoms with E-state index in [0.29, 0.717) is 17.6 Å². The molecule has 0 aromatic heterocycles. The van der Waals surface area contributed by atoms with E-state index in [1.54, 1.807) is 30.3 Å². The summed E-state index contributed by atoms with van der Waals surface area (Å²) in [6.07, 6.45) is -0.404. The van der Waals surface area contributed by atoms with Gasteiger partial charge in [0.2, 0.25) is 10.0 Å². The van der Waals surface area contributed by atoms with Crippen molar-refractivity contribution in [2.45, 2.75) is 17.9 Å². The molecule has 1 aliphatic heterocycles. The molecule has 1 heterocycles. The van der Waals surface area contributed by atoms with E-state index in [4.69, 9.17) is 4.74 Å². The molecule has 2 aromatic rings. The quantitative estimate of drug-likeness (QED) is 0.770. The van der Waals surface area contributed by atoms with Crippen molar-refractivity contribution < 1.29 is 17.5 Å². The van der Waals surface area contributed by atoms with Crippen molar-refractivity contribution in [2.75, 3.05) is 19.7 Å². The van der Waals surface area contributed by atoms with Crippen molar-refractivity contribution in [3.63, 3.8) is 0 Å². The number of halogens is 2. The van der Waals surface area contributed by atoms with Crippen molar-refractivity contribution in [3.8, 4) is 0 Å². The lowest BCUT2D eigenvalue weighted by molar-refractivity contribution is -0.00259. The number of benzene rings is 2. The molecule has 2 aromatic carbocycles. The Morgan fingerprint density at radius 1 is 1.21 bits per heavy atom. The average Bonchev–Trinajstić information content (AvgIpc) is 2.55.